The zero-order valence-electron chi connectivity index (χ0n) is 14.8. The van der Waals surface area contributed by atoms with Gasteiger partial charge >= 0.3 is 0 Å². The van der Waals surface area contributed by atoms with E-state index in [1.54, 1.807) is 18.4 Å². The fraction of sp³-hybridized carbons (Fsp3) is 0.389. The molecule has 1 aromatic heterocycles. The average molecular weight is 475 g/mol. The Morgan fingerprint density at radius 1 is 1.24 bits per heavy atom. The smallest absolute Gasteiger partial charge is 0.191 e. The van der Waals surface area contributed by atoms with E-state index in [1.165, 1.54) is 5.56 Å². The van der Waals surface area contributed by atoms with Gasteiger partial charge in [0, 0.05) is 12.6 Å². The van der Waals surface area contributed by atoms with Crippen molar-refractivity contribution < 1.29 is 9.47 Å². The minimum atomic E-state index is 0. The topological polar surface area (TPSA) is 54.9 Å². The maximum atomic E-state index is 5.91. The molecule has 0 aliphatic heterocycles. The second-order valence-corrected chi connectivity index (χ2v) is 6.10. The van der Waals surface area contributed by atoms with Crippen molar-refractivity contribution in [1.29, 1.82) is 0 Å². The number of aliphatic imine (C=N–C) groups is 1. The number of nitrogens with zero attached hydrogens (tertiary/aromatic N) is 1. The zero-order valence-corrected chi connectivity index (χ0v) is 18.0. The maximum absolute atomic E-state index is 5.91. The number of benzene rings is 1. The lowest BCUT2D eigenvalue weighted by Crippen LogP contribution is -2.41. The van der Waals surface area contributed by atoms with Crippen LogP contribution in [0.2, 0.25) is 0 Å². The van der Waals surface area contributed by atoms with Crippen LogP contribution in [0.4, 0.5) is 0 Å². The molecule has 1 aromatic carbocycles. The van der Waals surface area contributed by atoms with Crippen LogP contribution in [-0.4, -0.2) is 32.3 Å². The second kappa shape index (κ2) is 12.0. The Hall–Kier alpha value is -1.48. The van der Waals surface area contributed by atoms with Gasteiger partial charge in [0.1, 0.15) is 17.6 Å². The predicted octanol–water partition coefficient (Wildman–Crippen LogP) is 3.90. The minimum Gasteiger partial charge on any atom is -0.497 e. The summed E-state index contributed by atoms with van der Waals surface area (Å²) in [6.07, 6.45) is 0.00195. The second-order valence-electron chi connectivity index (χ2n) is 5.32. The summed E-state index contributed by atoms with van der Waals surface area (Å²) in [4.78, 5) is 4.59. The van der Waals surface area contributed by atoms with Crippen molar-refractivity contribution in [2.75, 3.05) is 20.2 Å². The van der Waals surface area contributed by atoms with Crippen molar-refractivity contribution >= 4 is 41.3 Å². The van der Waals surface area contributed by atoms with Crippen LogP contribution in [0.1, 0.15) is 19.4 Å². The number of guanidine groups is 1. The van der Waals surface area contributed by atoms with Gasteiger partial charge in [0.25, 0.3) is 0 Å². The van der Waals surface area contributed by atoms with E-state index in [0.717, 1.165) is 24.0 Å². The Labute approximate surface area is 170 Å². The highest BCUT2D eigenvalue weighted by molar-refractivity contribution is 14.0. The van der Waals surface area contributed by atoms with E-state index in [2.05, 4.69) is 39.4 Å². The highest BCUT2D eigenvalue weighted by Crippen LogP contribution is 2.19. The molecule has 2 rings (SSSR count). The first-order valence-corrected chi connectivity index (χ1v) is 8.99. The Bertz CT molecular complexity index is 635. The summed E-state index contributed by atoms with van der Waals surface area (Å²) in [5.74, 6) is 2.38. The number of methoxy groups -OCH3 is 1. The third-order valence-electron chi connectivity index (χ3n) is 3.28. The number of hydrogen-bond donors (Lipinski definition) is 2. The van der Waals surface area contributed by atoms with Gasteiger partial charge in [0.2, 0.25) is 0 Å². The average Bonchev–Trinajstić information content (AvgIpc) is 3.11. The lowest BCUT2D eigenvalue weighted by Gasteiger charge is -2.18. The normalized spacial score (nSPS) is 12.0. The van der Waals surface area contributed by atoms with Crippen LogP contribution in [0.3, 0.4) is 0 Å². The molecule has 25 heavy (non-hydrogen) atoms. The van der Waals surface area contributed by atoms with E-state index in [1.807, 2.05) is 31.2 Å². The fourth-order valence-corrected chi connectivity index (χ4v) is 2.74. The van der Waals surface area contributed by atoms with E-state index >= 15 is 0 Å². The molecule has 2 aromatic rings. The number of ether oxygens (including phenoxy) is 2. The summed E-state index contributed by atoms with van der Waals surface area (Å²) in [5.41, 5.74) is 1.22. The number of hydrogen-bond acceptors (Lipinski definition) is 4. The van der Waals surface area contributed by atoms with Gasteiger partial charge in [-0.25, -0.2) is 4.99 Å². The molecular formula is C18H26IN3O2S. The van der Waals surface area contributed by atoms with Crippen molar-refractivity contribution in [3.63, 3.8) is 0 Å². The van der Waals surface area contributed by atoms with Gasteiger partial charge in [-0.1, -0.05) is 6.07 Å². The summed E-state index contributed by atoms with van der Waals surface area (Å²) < 4.78 is 11.1. The molecule has 0 spiro atoms. The molecule has 5 nitrogen and oxygen atoms in total. The molecule has 0 saturated heterocycles. The predicted molar refractivity (Wildman–Crippen MR) is 116 cm³/mol. The van der Waals surface area contributed by atoms with Crippen LogP contribution in [0.15, 0.2) is 46.1 Å². The molecule has 0 amide bonds. The molecule has 2 N–H and O–H groups in total. The SMILES string of the molecule is CCNC(=NCc1ccsc1)NCC(C)Oc1cccc(OC)c1.I. The van der Waals surface area contributed by atoms with Crippen LogP contribution in [0.5, 0.6) is 11.5 Å². The highest BCUT2D eigenvalue weighted by atomic mass is 127. The Morgan fingerprint density at radius 2 is 2.04 bits per heavy atom. The highest BCUT2D eigenvalue weighted by Gasteiger charge is 2.06. The summed E-state index contributed by atoms with van der Waals surface area (Å²) >= 11 is 1.69. The fourth-order valence-electron chi connectivity index (χ4n) is 2.08. The van der Waals surface area contributed by atoms with Gasteiger partial charge < -0.3 is 20.1 Å². The molecule has 0 fully saturated rings. The number of thiophene rings is 1. The first-order chi connectivity index (χ1) is 11.7. The Kier molecular flexibility index (Phi) is 10.3. The minimum absolute atomic E-state index is 0. The lowest BCUT2D eigenvalue weighted by molar-refractivity contribution is 0.223. The molecule has 7 heteroatoms. The zero-order chi connectivity index (χ0) is 17.2. The quantitative estimate of drug-likeness (QED) is 0.346. The van der Waals surface area contributed by atoms with Gasteiger partial charge in [0.05, 0.1) is 20.2 Å². The third kappa shape index (κ3) is 7.96. The van der Waals surface area contributed by atoms with Crippen molar-refractivity contribution in [1.82, 2.24) is 10.6 Å². The number of nitrogens with one attached hydrogen (secondary N) is 2. The monoisotopic (exact) mass is 475 g/mol. The van der Waals surface area contributed by atoms with Crippen molar-refractivity contribution in [2.24, 2.45) is 4.99 Å². The molecule has 1 atom stereocenters. The summed E-state index contributed by atoms with van der Waals surface area (Å²) in [6, 6.07) is 9.71. The standard InChI is InChI=1S/C18H25N3O2S.HI/c1-4-19-18(21-12-15-8-9-24-13-15)20-11-14(2)23-17-7-5-6-16(10-17)22-3;/h5-10,13-14H,4,11-12H2,1-3H3,(H2,19,20,21);1H. The van der Waals surface area contributed by atoms with Crippen LogP contribution in [-0.2, 0) is 6.54 Å². The Balaban J connectivity index is 0.00000312. The van der Waals surface area contributed by atoms with Crippen molar-refractivity contribution in [3.8, 4) is 11.5 Å². The van der Waals surface area contributed by atoms with Crippen molar-refractivity contribution in [3.05, 3.63) is 46.7 Å². The van der Waals surface area contributed by atoms with E-state index in [0.29, 0.717) is 13.1 Å². The van der Waals surface area contributed by atoms with Gasteiger partial charge in [-0.15, -0.1) is 24.0 Å². The van der Waals surface area contributed by atoms with Crippen LogP contribution >= 0.6 is 35.3 Å². The molecule has 0 saturated carbocycles. The first kappa shape index (κ1) is 21.6. The molecule has 1 heterocycles. The largest absolute Gasteiger partial charge is 0.497 e. The molecule has 1 unspecified atom stereocenters. The van der Waals surface area contributed by atoms with Crippen molar-refractivity contribution in [2.45, 2.75) is 26.5 Å². The molecule has 138 valence electrons. The van der Waals surface area contributed by atoms with Crippen LogP contribution < -0.4 is 20.1 Å². The summed E-state index contributed by atoms with van der Waals surface area (Å²) in [5, 5.41) is 10.7. The lowest BCUT2D eigenvalue weighted by atomic mass is 10.3. The molecule has 0 radical (unpaired) electrons. The summed E-state index contributed by atoms with van der Waals surface area (Å²) in [6.45, 7) is 6.23. The molecular weight excluding hydrogens is 449 g/mol. The van der Waals surface area contributed by atoms with Crippen LogP contribution in [0, 0.1) is 0 Å². The molecule has 0 aliphatic carbocycles. The van der Waals surface area contributed by atoms with Gasteiger partial charge in [-0.3, -0.25) is 0 Å². The summed E-state index contributed by atoms with van der Waals surface area (Å²) in [7, 11) is 1.65. The third-order valence-corrected chi connectivity index (χ3v) is 4.01. The van der Waals surface area contributed by atoms with E-state index in [4.69, 9.17) is 9.47 Å². The number of halogens is 1. The van der Waals surface area contributed by atoms with Gasteiger partial charge in [-0.2, -0.15) is 11.3 Å². The molecule has 0 aliphatic rings. The maximum Gasteiger partial charge on any atom is 0.191 e. The first-order valence-electron chi connectivity index (χ1n) is 8.05. The van der Waals surface area contributed by atoms with Crippen LogP contribution in [0.25, 0.3) is 0 Å². The van der Waals surface area contributed by atoms with E-state index in [-0.39, 0.29) is 30.1 Å². The van der Waals surface area contributed by atoms with Gasteiger partial charge in [-0.05, 0) is 48.4 Å². The van der Waals surface area contributed by atoms with Gasteiger partial charge in [0.15, 0.2) is 5.96 Å². The molecule has 0 bridgehead atoms. The Morgan fingerprint density at radius 3 is 2.72 bits per heavy atom. The number of rotatable bonds is 8. The van der Waals surface area contributed by atoms with E-state index in [9.17, 15) is 0 Å². The van der Waals surface area contributed by atoms with E-state index < -0.39 is 0 Å².